The third kappa shape index (κ3) is 9.54. The summed E-state index contributed by atoms with van der Waals surface area (Å²) in [7, 11) is -7.44. The van der Waals surface area contributed by atoms with Crippen LogP contribution in [0.15, 0.2) is 95.2 Å². The second kappa shape index (κ2) is 18.4. The zero-order valence-corrected chi connectivity index (χ0v) is 35.1. The fraction of sp³-hybridized carbons (Fsp3) is 0.286. The first-order chi connectivity index (χ1) is 29.8. The smallest absolute Gasteiger partial charge is 0.341 e. The summed E-state index contributed by atoms with van der Waals surface area (Å²) >= 11 is 0. The molecule has 62 heavy (non-hydrogen) atoms. The maximum absolute atomic E-state index is 12.6. The van der Waals surface area contributed by atoms with Crippen molar-refractivity contribution in [3.63, 3.8) is 0 Å². The van der Waals surface area contributed by atoms with Gasteiger partial charge in [0.15, 0.2) is 0 Å². The molecule has 2 aromatic carbocycles. The van der Waals surface area contributed by atoms with Crippen LogP contribution in [0.3, 0.4) is 0 Å². The molecule has 6 aromatic rings. The number of hydrogen-bond donors (Lipinski definition) is 6. The number of aromatic nitrogens is 4. The van der Waals surface area contributed by atoms with E-state index >= 15 is 0 Å². The average Bonchev–Trinajstić information content (AvgIpc) is 3.93. The SMILES string of the molecule is CCOC(=O)c1cnc2[nH]ccc2c1NC1CC(NS(=O)(=O)c2cccc(C#N)c2)C1.CCOC(=O)c1cnc2[nH]ccc2c1NC1CC(NS(=O)(=O)c2cccc(C#N)c2)C1. The summed E-state index contributed by atoms with van der Waals surface area (Å²) in [5.41, 5.74) is 3.79. The van der Waals surface area contributed by atoms with Gasteiger partial charge < -0.3 is 30.1 Å². The summed E-state index contributed by atoms with van der Waals surface area (Å²) in [6, 6.07) is 18.8. The molecule has 0 amide bonds. The molecule has 320 valence electrons. The Hall–Kier alpha value is -6.84. The minimum atomic E-state index is -3.72. The summed E-state index contributed by atoms with van der Waals surface area (Å²) < 4.78 is 66.1. The Morgan fingerprint density at radius 2 is 1.06 bits per heavy atom. The number of anilines is 2. The van der Waals surface area contributed by atoms with Crippen molar-refractivity contribution < 1.29 is 35.9 Å². The molecule has 2 aliphatic carbocycles. The van der Waals surface area contributed by atoms with Crippen LogP contribution in [0.4, 0.5) is 11.4 Å². The van der Waals surface area contributed by atoms with E-state index in [-0.39, 0.29) is 58.3 Å². The molecule has 8 rings (SSSR count). The van der Waals surface area contributed by atoms with Crippen molar-refractivity contribution in [1.29, 1.82) is 10.5 Å². The van der Waals surface area contributed by atoms with Crippen LogP contribution in [0.2, 0.25) is 0 Å². The Bertz CT molecular complexity index is 2740. The molecule has 4 aromatic heterocycles. The fourth-order valence-corrected chi connectivity index (χ4v) is 9.78. The fourth-order valence-electron chi connectivity index (χ4n) is 7.17. The van der Waals surface area contributed by atoms with Crippen molar-refractivity contribution in [2.24, 2.45) is 0 Å². The molecule has 4 heterocycles. The van der Waals surface area contributed by atoms with E-state index in [1.165, 1.54) is 36.7 Å². The number of esters is 2. The zero-order chi connectivity index (χ0) is 44.0. The van der Waals surface area contributed by atoms with Crippen LogP contribution in [0, 0.1) is 22.7 Å². The second-order valence-corrected chi connectivity index (χ2v) is 18.0. The van der Waals surface area contributed by atoms with Crippen molar-refractivity contribution >= 4 is 65.4 Å². The summed E-state index contributed by atoms with van der Waals surface area (Å²) in [4.78, 5) is 39.4. The summed E-state index contributed by atoms with van der Waals surface area (Å²) in [6.07, 6.45) is 8.62. The molecule has 0 spiro atoms. The summed E-state index contributed by atoms with van der Waals surface area (Å²) in [5, 5.41) is 26.2. The third-order valence-corrected chi connectivity index (χ3v) is 13.4. The molecule has 0 radical (unpaired) electrons. The molecule has 0 atom stereocenters. The van der Waals surface area contributed by atoms with E-state index in [4.69, 9.17) is 20.0 Å². The normalized spacial score (nSPS) is 18.2. The molecule has 18 nitrogen and oxygen atoms in total. The zero-order valence-electron chi connectivity index (χ0n) is 33.5. The number of fused-ring (bicyclic) bond motifs is 2. The number of benzene rings is 2. The van der Waals surface area contributed by atoms with E-state index in [9.17, 15) is 26.4 Å². The molecule has 20 heteroatoms. The number of nitriles is 2. The summed E-state index contributed by atoms with van der Waals surface area (Å²) in [6.45, 7) is 3.98. The van der Waals surface area contributed by atoms with Crippen LogP contribution >= 0.6 is 0 Å². The molecule has 0 aliphatic heterocycles. The van der Waals surface area contributed by atoms with Crippen molar-refractivity contribution in [3.05, 3.63) is 108 Å². The van der Waals surface area contributed by atoms with Crippen LogP contribution in [-0.4, -0.2) is 86.1 Å². The number of rotatable bonds is 14. The molecule has 2 fully saturated rings. The van der Waals surface area contributed by atoms with Gasteiger partial charge in [0.25, 0.3) is 0 Å². The first kappa shape index (κ1) is 43.3. The second-order valence-electron chi connectivity index (χ2n) is 14.6. The predicted octanol–water partition coefficient (Wildman–Crippen LogP) is 5.07. The highest BCUT2D eigenvalue weighted by atomic mass is 32.2. The Balaban J connectivity index is 0.000000186. The topological polar surface area (TPSA) is 274 Å². The van der Waals surface area contributed by atoms with Gasteiger partial charge in [0.2, 0.25) is 20.0 Å². The van der Waals surface area contributed by atoms with Crippen molar-refractivity contribution in [2.75, 3.05) is 23.8 Å². The number of carbonyl (C=O) groups excluding carboxylic acids is 2. The number of sulfonamides is 2. The maximum Gasteiger partial charge on any atom is 0.341 e. The maximum atomic E-state index is 12.6. The van der Waals surface area contributed by atoms with Crippen molar-refractivity contribution in [2.45, 2.75) is 73.5 Å². The largest absolute Gasteiger partial charge is 0.462 e. The van der Waals surface area contributed by atoms with Gasteiger partial charge in [-0.15, -0.1) is 0 Å². The minimum absolute atomic E-state index is 0.0215. The highest BCUT2D eigenvalue weighted by Gasteiger charge is 2.35. The lowest BCUT2D eigenvalue weighted by Gasteiger charge is -2.37. The van der Waals surface area contributed by atoms with Gasteiger partial charge in [0, 0.05) is 59.7 Å². The number of H-pyrrole nitrogens is 2. The molecule has 6 N–H and O–H groups in total. The Labute approximate surface area is 357 Å². The quantitative estimate of drug-likeness (QED) is 0.0781. The average molecular weight is 879 g/mol. The predicted molar refractivity (Wildman–Crippen MR) is 228 cm³/mol. The Morgan fingerprint density at radius 1 is 0.661 bits per heavy atom. The lowest BCUT2D eigenvalue weighted by molar-refractivity contribution is 0.0517. The minimum Gasteiger partial charge on any atom is -0.462 e. The number of aromatic amines is 2. The van der Waals surface area contributed by atoms with Crippen LogP contribution in [0.25, 0.3) is 22.1 Å². The van der Waals surface area contributed by atoms with Gasteiger partial charge in [-0.25, -0.2) is 45.8 Å². The molecule has 0 saturated heterocycles. The van der Waals surface area contributed by atoms with Gasteiger partial charge in [-0.2, -0.15) is 10.5 Å². The van der Waals surface area contributed by atoms with E-state index in [1.54, 1.807) is 50.5 Å². The monoisotopic (exact) mass is 878 g/mol. The lowest BCUT2D eigenvalue weighted by atomic mass is 9.87. The molecule has 0 bridgehead atoms. The molecule has 2 saturated carbocycles. The standard InChI is InChI=1S/2C21H21N5O4S/c2*1-2-30-21(27)18-12-24-20-17(6-7-23-20)19(18)25-14-9-15(10-14)26-31(28,29)16-5-3-4-13(8-16)11-22/h2*3-8,12,14-15,26H,2,9-10H2,1H3,(H2,23,24,25). The van der Waals surface area contributed by atoms with E-state index in [2.05, 4.69) is 40.0 Å². The van der Waals surface area contributed by atoms with E-state index in [1.807, 2.05) is 24.3 Å². The number of nitrogens with one attached hydrogen (secondary N) is 6. The van der Waals surface area contributed by atoms with Crippen molar-refractivity contribution in [3.8, 4) is 12.1 Å². The van der Waals surface area contributed by atoms with Crippen LogP contribution in [0.5, 0.6) is 0 Å². The molecule has 0 unspecified atom stereocenters. The third-order valence-electron chi connectivity index (χ3n) is 10.3. The summed E-state index contributed by atoms with van der Waals surface area (Å²) in [5.74, 6) is -0.927. The van der Waals surface area contributed by atoms with Crippen LogP contribution < -0.4 is 20.1 Å². The van der Waals surface area contributed by atoms with Gasteiger partial charge in [-0.05, 0) is 88.1 Å². The van der Waals surface area contributed by atoms with Gasteiger partial charge >= 0.3 is 11.9 Å². The van der Waals surface area contributed by atoms with Gasteiger partial charge in [0.05, 0.1) is 57.6 Å². The highest BCUT2D eigenvalue weighted by Crippen LogP contribution is 2.34. The van der Waals surface area contributed by atoms with Crippen LogP contribution in [0.1, 0.15) is 71.4 Å². The van der Waals surface area contributed by atoms with E-state index in [0.29, 0.717) is 59.5 Å². The van der Waals surface area contributed by atoms with Gasteiger partial charge in [-0.1, -0.05) is 12.1 Å². The molecular formula is C42H42N10O8S2. The van der Waals surface area contributed by atoms with Crippen molar-refractivity contribution in [1.82, 2.24) is 29.4 Å². The Morgan fingerprint density at radius 3 is 1.44 bits per heavy atom. The van der Waals surface area contributed by atoms with E-state index in [0.717, 1.165) is 10.8 Å². The molecular weight excluding hydrogens is 837 g/mol. The van der Waals surface area contributed by atoms with Crippen LogP contribution in [-0.2, 0) is 29.5 Å². The van der Waals surface area contributed by atoms with Gasteiger partial charge in [-0.3, -0.25) is 0 Å². The first-order valence-corrected chi connectivity index (χ1v) is 22.6. The van der Waals surface area contributed by atoms with Gasteiger partial charge in [0.1, 0.15) is 22.4 Å². The lowest BCUT2D eigenvalue weighted by Crippen LogP contribution is -2.49. The number of ether oxygens (including phenoxy) is 2. The number of pyridine rings is 2. The number of hydrogen-bond acceptors (Lipinski definition) is 14. The Kier molecular flexibility index (Phi) is 12.8. The highest BCUT2D eigenvalue weighted by molar-refractivity contribution is 7.89. The number of carbonyl (C=O) groups is 2. The van der Waals surface area contributed by atoms with E-state index < -0.39 is 32.0 Å². The number of nitrogens with zero attached hydrogens (tertiary/aromatic N) is 4. The first-order valence-electron chi connectivity index (χ1n) is 19.7. The molecule has 2 aliphatic rings.